The van der Waals surface area contributed by atoms with Gasteiger partial charge in [0.15, 0.2) is 0 Å². The summed E-state index contributed by atoms with van der Waals surface area (Å²) in [6.45, 7) is 7.71. The van der Waals surface area contributed by atoms with Crippen LogP contribution >= 0.6 is 0 Å². The Hall–Kier alpha value is -0.610. The third-order valence-corrected chi connectivity index (χ3v) is 2.88. The zero-order chi connectivity index (χ0) is 11.8. The lowest BCUT2D eigenvalue weighted by atomic mass is 9.97. The highest BCUT2D eigenvalue weighted by Gasteiger charge is 2.22. The number of quaternary nitrogens is 1. The van der Waals surface area contributed by atoms with E-state index in [1.54, 1.807) is 0 Å². The Morgan fingerprint density at radius 1 is 1.44 bits per heavy atom. The summed E-state index contributed by atoms with van der Waals surface area (Å²) in [6, 6.07) is 0. The molecule has 0 aromatic carbocycles. The average Bonchev–Trinajstić information content (AvgIpc) is 2.29. The Bertz CT molecular complexity index is 201. The number of amides is 1. The molecule has 3 N–H and O–H groups in total. The van der Waals surface area contributed by atoms with Gasteiger partial charge in [0.05, 0.1) is 19.2 Å². The second kappa shape index (κ2) is 7.63. The lowest BCUT2D eigenvalue weighted by Gasteiger charge is -2.19. The smallest absolute Gasteiger partial charge is 0.223 e. The second-order valence-electron chi connectivity index (χ2n) is 4.70. The number of carbonyl (C=O) groups is 1. The fourth-order valence-corrected chi connectivity index (χ4v) is 1.94. The first-order valence-electron chi connectivity index (χ1n) is 6.41. The summed E-state index contributed by atoms with van der Waals surface area (Å²) >= 11 is 0. The summed E-state index contributed by atoms with van der Waals surface area (Å²) in [5.41, 5.74) is 0. The van der Waals surface area contributed by atoms with E-state index in [9.17, 15) is 4.79 Å². The maximum Gasteiger partial charge on any atom is 0.223 e. The minimum absolute atomic E-state index is 0.234. The number of ether oxygens (including phenoxy) is 1. The van der Waals surface area contributed by atoms with E-state index < -0.39 is 0 Å². The fourth-order valence-electron chi connectivity index (χ4n) is 1.94. The normalized spacial score (nSPS) is 17.7. The highest BCUT2D eigenvalue weighted by Crippen LogP contribution is 2.08. The van der Waals surface area contributed by atoms with Crippen molar-refractivity contribution in [3.05, 3.63) is 0 Å². The molecule has 0 bridgehead atoms. The minimum atomic E-state index is 0.234. The van der Waals surface area contributed by atoms with Crippen molar-refractivity contribution >= 4 is 5.91 Å². The number of nitrogens with two attached hydrogens (primary N) is 1. The van der Waals surface area contributed by atoms with Gasteiger partial charge in [-0.15, -0.1) is 0 Å². The molecule has 0 spiro atoms. The maximum atomic E-state index is 11.7. The highest BCUT2D eigenvalue weighted by molar-refractivity contribution is 5.78. The molecule has 0 unspecified atom stereocenters. The van der Waals surface area contributed by atoms with Crippen molar-refractivity contribution in [3.63, 3.8) is 0 Å². The molecule has 0 aromatic rings. The molecule has 1 saturated heterocycles. The van der Waals surface area contributed by atoms with Crippen LogP contribution in [-0.4, -0.2) is 38.3 Å². The minimum Gasteiger partial charge on any atom is -0.379 e. The Morgan fingerprint density at radius 3 is 2.75 bits per heavy atom. The molecule has 1 rings (SSSR count). The predicted molar refractivity (Wildman–Crippen MR) is 63.1 cm³/mol. The van der Waals surface area contributed by atoms with Gasteiger partial charge in [-0.2, -0.15) is 0 Å². The molecule has 4 heteroatoms. The molecule has 0 atom stereocenters. The zero-order valence-corrected chi connectivity index (χ0v) is 10.5. The summed E-state index contributed by atoms with van der Waals surface area (Å²) in [6.07, 6.45) is 3.23. The van der Waals surface area contributed by atoms with Gasteiger partial charge in [-0.25, -0.2) is 0 Å². The Morgan fingerprint density at radius 2 is 2.12 bits per heavy atom. The molecule has 0 aliphatic carbocycles. The first-order valence-corrected chi connectivity index (χ1v) is 6.41. The summed E-state index contributed by atoms with van der Waals surface area (Å²) in [5, 5.41) is 5.27. The van der Waals surface area contributed by atoms with Crippen molar-refractivity contribution in [1.29, 1.82) is 0 Å². The van der Waals surface area contributed by atoms with Crippen molar-refractivity contribution in [3.8, 4) is 0 Å². The van der Waals surface area contributed by atoms with E-state index in [1.165, 1.54) is 0 Å². The monoisotopic (exact) mass is 229 g/mol. The molecule has 1 amide bonds. The molecule has 94 valence electrons. The SMILES string of the molecule is CC(C)OCCCNC(=O)C1CC[NH2+]CC1. The van der Waals surface area contributed by atoms with Crippen LogP contribution in [0, 0.1) is 5.92 Å². The van der Waals surface area contributed by atoms with E-state index in [4.69, 9.17) is 4.74 Å². The molecule has 1 fully saturated rings. The topological polar surface area (TPSA) is 54.9 Å². The van der Waals surface area contributed by atoms with Crippen molar-refractivity contribution in [1.82, 2.24) is 5.32 Å². The molecular formula is C12H25N2O2+. The Labute approximate surface area is 98.1 Å². The first kappa shape index (κ1) is 13.5. The lowest BCUT2D eigenvalue weighted by Crippen LogP contribution is -2.86. The van der Waals surface area contributed by atoms with Crippen LogP contribution in [0.25, 0.3) is 0 Å². The summed E-state index contributed by atoms with van der Waals surface area (Å²) in [4.78, 5) is 11.7. The van der Waals surface area contributed by atoms with Crippen molar-refractivity contribution in [2.45, 2.75) is 39.2 Å². The zero-order valence-electron chi connectivity index (χ0n) is 10.5. The number of rotatable bonds is 6. The quantitative estimate of drug-likeness (QED) is 0.625. The van der Waals surface area contributed by atoms with Gasteiger partial charge in [-0.05, 0) is 20.3 Å². The molecular weight excluding hydrogens is 204 g/mol. The fraction of sp³-hybridized carbons (Fsp3) is 0.917. The predicted octanol–water partition coefficient (Wildman–Crippen LogP) is -0.109. The second-order valence-corrected chi connectivity index (χ2v) is 4.70. The Balaban J connectivity index is 2.01. The maximum absolute atomic E-state index is 11.7. The van der Waals surface area contributed by atoms with Gasteiger partial charge in [0.25, 0.3) is 0 Å². The van der Waals surface area contributed by atoms with Crippen molar-refractivity contribution in [2.75, 3.05) is 26.2 Å². The summed E-state index contributed by atoms with van der Waals surface area (Å²) in [7, 11) is 0. The average molecular weight is 229 g/mol. The van der Waals surface area contributed by atoms with E-state index in [0.29, 0.717) is 0 Å². The van der Waals surface area contributed by atoms with E-state index >= 15 is 0 Å². The molecule has 1 aliphatic rings. The number of piperidine rings is 1. The van der Waals surface area contributed by atoms with Gasteiger partial charge in [-0.3, -0.25) is 4.79 Å². The van der Waals surface area contributed by atoms with E-state index in [0.717, 1.165) is 45.5 Å². The Kier molecular flexibility index (Phi) is 6.42. The van der Waals surface area contributed by atoms with Crippen molar-refractivity contribution in [2.24, 2.45) is 5.92 Å². The van der Waals surface area contributed by atoms with Crippen LogP contribution in [-0.2, 0) is 9.53 Å². The van der Waals surface area contributed by atoms with Crippen LogP contribution in [0.4, 0.5) is 0 Å². The van der Waals surface area contributed by atoms with E-state index in [2.05, 4.69) is 10.6 Å². The third-order valence-electron chi connectivity index (χ3n) is 2.88. The van der Waals surface area contributed by atoms with Crippen LogP contribution in [0.2, 0.25) is 0 Å². The molecule has 4 nitrogen and oxygen atoms in total. The van der Waals surface area contributed by atoms with Crippen LogP contribution < -0.4 is 10.6 Å². The van der Waals surface area contributed by atoms with E-state index in [1.807, 2.05) is 13.8 Å². The lowest BCUT2D eigenvalue weighted by molar-refractivity contribution is -0.664. The standard InChI is InChI=1S/C12H24N2O2/c1-10(2)16-9-3-6-14-12(15)11-4-7-13-8-5-11/h10-11,13H,3-9H2,1-2H3,(H,14,15)/p+1. The van der Waals surface area contributed by atoms with Gasteiger partial charge in [0, 0.05) is 31.9 Å². The molecule has 0 radical (unpaired) electrons. The van der Waals surface area contributed by atoms with E-state index in [-0.39, 0.29) is 17.9 Å². The number of carbonyl (C=O) groups excluding carboxylic acids is 1. The van der Waals surface area contributed by atoms with Crippen LogP contribution in [0.15, 0.2) is 0 Å². The largest absolute Gasteiger partial charge is 0.379 e. The first-order chi connectivity index (χ1) is 7.70. The summed E-state index contributed by atoms with van der Waals surface area (Å²) in [5.74, 6) is 0.480. The van der Waals surface area contributed by atoms with Crippen molar-refractivity contribution < 1.29 is 14.8 Å². The van der Waals surface area contributed by atoms with Gasteiger partial charge in [0.1, 0.15) is 0 Å². The molecule has 0 saturated carbocycles. The number of nitrogens with one attached hydrogen (secondary N) is 1. The van der Waals surface area contributed by atoms with Gasteiger partial charge in [-0.1, -0.05) is 0 Å². The van der Waals surface area contributed by atoms with Crippen LogP contribution in [0.3, 0.4) is 0 Å². The van der Waals surface area contributed by atoms with Gasteiger partial charge >= 0.3 is 0 Å². The number of hydrogen-bond acceptors (Lipinski definition) is 2. The van der Waals surface area contributed by atoms with Crippen LogP contribution in [0.1, 0.15) is 33.1 Å². The number of hydrogen-bond donors (Lipinski definition) is 2. The van der Waals surface area contributed by atoms with Crippen LogP contribution in [0.5, 0.6) is 0 Å². The third kappa shape index (κ3) is 5.47. The molecule has 1 aliphatic heterocycles. The van der Waals surface area contributed by atoms with Gasteiger partial charge < -0.3 is 15.4 Å². The molecule has 1 heterocycles. The molecule has 0 aromatic heterocycles. The molecule has 16 heavy (non-hydrogen) atoms. The van der Waals surface area contributed by atoms with Gasteiger partial charge in [0.2, 0.25) is 5.91 Å². The summed E-state index contributed by atoms with van der Waals surface area (Å²) < 4.78 is 5.41. The highest BCUT2D eigenvalue weighted by atomic mass is 16.5.